The van der Waals surface area contributed by atoms with Gasteiger partial charge in [0.1, 0.15) is 0 Å². The van der Waals surface area contributed by atoms with Crippen molar-refractivity contribution in [2.45, 2.75) is 0 Å². The first-order valence-electron chi connectivity index (χ1n) is 5.88. The third-order valence-corrected chi connectivity index (χ3v) is 3.72. The fraction of sp³-hybridized carbons (Fsp3) is 0. The fourth-order valence-electron chi connectivity index (χ4n) is 1.90. The average molecular weight is 251 g/mol. The highest BCUT2D eigenvalue weighted by atomic mass is 32.1. The topological polar surface area (TPSA) is 15.8 Å². The highest BCUT2D eigenvalue weighted by Gasteiger charge is 1.88. The van der Waals surface area contributed by atoms with E-state index in [1.807, 2.05) is 18.3 Å². The summed E-state index contributed by atoms with van der Waals surface area (Å²) in [5, 5.41) is 4.74. The van der Waals surface area contributed by atoms with Gasteiger partial charge in [0.25, 0.3) is 0 Å². The molecule has 0 aliphatic rings. The molecule has 18 heavy (non-hydrogen) atoms. The minimum Gasteiger partial charge on any atom is -0.361 e. The number of hydrogen-bond donors (Lipinski definition) is 1. The second kappa shape index (κ2) is 5.07. The smallest absolute Gasteiger partial charge is 0.0453 e. The number of nitrogens with one attached hydrogen (secondary N) is 1. The third-order valence-electron chi connectivity index (χ3n) is 2.82. The van der Waals surface area contributed by atoms with Crippen LogP contribution in [0, 0.1) is 0 Å². The Balaban J connectivity index is 0.000000111. The van der Waals surface area contributed by atoms with Gasteiger partial charge in [0.15, 0.2) is 0 Å². The van der Waals surface area contributed by atoms with Gasteiger partial charge in [-0.1, -0.05) is 36.4 Å². The minimum atomic E-state index is 1.21. The largest absolute Gasteiger partial charge is 0.361 e. The molecular weight excluding hydrogens is 238 g/mol. The third kappa shape index (κ3) is 2.29. The molecule has 0 aliphatic carbocycles. The maximum absolute atomic E-state index is 3.12. The number of fused-ring (bicyclic) bond motifs is 2. The lowest BCUT2D eigenvalue weighted by Gasteiger charge is -1.83. The van der Waals surface area contributed by atoms with Crippen LogP contribution in [0.4, 0.5) is 0 Å². The Kier molecular flexibility index (Phi) is 3.11. The predicted molar refractivity (Wildman–Crippen MR) is 80.1 cm³/mol. The number of para-hydroxylation sites is 1. The van der Waals surface area contributed by atoms with Crippen LogP contribution in [0.5, 0.6) is 0 Å². The summed E-state index contributed by atoms with van der Waals surface area (Å²) in [5.74, 6) is 0. The Morgan fingerprint density at radius 3 is 2.33 bits per heavy atom. The zero-order valence-electron chi connectivity index (χ0n) is 9.84. The minimum absolute atomic E-state index is 1.21. The molecule has 0 spiro atoms. The van der Waals surface area contributed by atoms with Gasteiger partial charge < -0.3 is 4.98 Å². The lowest BCUT2D eigenvalue weighted by molar-refractivity contribution is 1.48. The summed E-state index contributed by atoms with van der Waals surface area (Å²) in [4.78, 5) is 3.12. The standard InChI is InChI=1S/C8H7N.C8H6S/c2*1-2-4-8-7(3-1)5-6-9-8/h1-6,9H;1-6H. The molecule has 0 aliphatic heterocycles. The van der Waals surface area contributed by atoms with Crippen molar-refractivity contribution in [3.63, 3.8) is 0 Å². The zero-order chi connectivity index (χ0) is 12.2. The van der Waals surface area contributed by atoms with Gasteiger partial charge in [-0.15, -0.1) is 11.3 Å². The SMILES string of the molecule is c1ccc2[nH]ccc2c1.c1ccc2sccc2c1. The number of aromatic nitrogens is 1. The summed E-state index contributed by atoms with van der Waals surface area (Å²) >= 11 is 1.79. The molecule has 0 saturated heterocycles. The van der Waals surface area contributed by atoms with Crippen molar-refractivity contribution in [2.75, 3.05) is 0 Å². The summed E-state index contributed by atoms with van der Waals surface area (Å²) in [5.41, 5.74) is 1.21. The highest BCUT2D eigenvalue weighted by Crippen LogP contribution is 2.18. The van der Waals surface area contributed by atoms with Gasteiger partial charge in [0.2, 0.25) is 0 Å². The number of hydrogen-bond acceptors (Lipinski definition) is 1. The van der Waals surface area contributed by atoms with Crippen molar-refractivity contribution in [3.05, 3.63) is 72.2 Å². The van der Waals surface area contributed by atoms with Gasteiger partial charge in [-0.3, -0.25) is 0 Å². The van der Waals surface area contributed by atoms with Crippen molar-refractivity contribution in [2.24, 2.45) is 0 Å². The number of benzene rings is 2. The highest BCUT2D eigenvalue weighted by molar-refractivity contribution is 7.17. The molecule has 0 amide bonds. The molecule has 2 aromatic heterocycles. The quantitative estimate of drug-likeness (QED) is 0.449. The Labute approximate surface area is 110 Å². The van der Waals surface area contributed by atoms with Gasteiger partial charge in [-0.25, -0.2) is 0 Å². The van der Waals surface area contributed by atoms with E-state index in [9.17, 15) is 0 Å². The van der Waals surface area contributed by atoms with Crippen LogP contribution in [0.1, 0.15) is 0 Å². The van der Waals surface area contributed by atoms with Gasteiger partial charge in [0.05, 0.1) is 0 Å². The van der Waals surface area contributed by atoms with Crippen molar-refractivity contribution in [1.82, 2.24) is 4.98 Å². The van der Waals surface area contributed by atoms with Crippen molar-refractivity contribution < 1.29 is 0 Å². The van der Waals surface area contributed by atoms with E-state index in [1.54, 1.807) is 11.3 Å². The van der Waals surface area contributed by atoms with Gasteiger partial charge in [-0.05, 0) is 40.4 Å². The molecule has 2 aromatic carbocycles. The van der Waals surface area contributed by atoms with Crippen molar-refractivity contribution >= 4 is 32.3 Å². The molecule has 0 unspecified atom stereocenters. The van der Waals surface area contributed by atoms with Crippen LogP contribution in [0.2, 0.25) is 0 Å². The Morgan fingerprint density at radius 1 is 0.722 bits per heavy atom. The second-order valence-corrected chi connectivity index (χ2v) is 4.97. The monoisotopic (exact) mass is 251 g/mol. The van der Waals surface area contributed by atoms with E-state index in [0.717, 1.165) is 0 Å². The average Bonchev–Trinajstić information content (AvgIpc) is 3.08. The number of aromatic amines is 1. The second-order valence-electron chi connectivity index (χ2n) is 4.02. The van der Waals surface area contributed by atoms with E-state index < -0.39 is 0 Å². The molecular formula is C16H13NS. The molecule has 2 heteroatoms. The van der Waals surface area contributed by atoms with E-state index in [1.165, 1.54) is 21.0 Å². The normalized spacial score (nSPS) is 10.2. The van der Waals surface area contributed by atoms with Gasteiger partial charge >= 0.3 is 0 Å². The van der Waals surface area contributed by atoms with Crippen LogP contribution in [0.3, 0.4) is 0 Å². The summed E-state index contributed by atoms with van der Waals surface area (Å²) < 4.78 is 1.37. The molecule has 0 fully saturated rings. The molecule has 88 valence electrons. The lowest BCUT2D eigenvalue weighted by atomic mass is 10.3. The Morgan fingerprint density at radius 2 is 1.50 bits per heavy atom. The maximum atomic E-state index is 3.12. The van der Waals surface area contributed by atoms with Crippen LogP contribution in [-0.2, 0) is 0 Å². The molecule has 0 bridgehead atoms. The van der Waals surface area contributed by atoms with Crippen molar-refractivity contribution in [1.29, 1.82) is 0 Å². The molecule has 1 N–H and O–H groups in total. The Bertz CT molecular complexity index is 625. The van der Waals surface area contributed by atoms with Crippen LogP contribution >= 0.6 is 11.3 Å². The van der Waals surface area contributed by atoms with E-state index in [0.29, 0.717) is 0 Å². The van der Waals surface area contributed by atoms with Gasteiger partial charge in [0, 0.05) is 16.4 Å². The first-order valence-corrected chi connectivity index (χ1v) is 6.76. The van der Waals surface area contributed by atoms with E-state index in [4.69, 9.17) is 0 Å². The summed E-state index contributed by atoms with van der Waals surface area (Å²) in [6.45, 7) is 0. The molecule has 1 nitrogen and oxygen atoms in total. The molecule has 4 rings (SSSR count). The van der Waals surface area contributed by atoms with Crippen LogP contribution in [0.15, 0.2) is 72.2 Å². The van der Waals surface area contributed by atoms with E-state index >= 15 is 0 Å². The van der Waals surface area contributed by atoms with E-state index in [-0.39, 0.29) is 0 Å². The molecule has 4 aromatic rings. The van der Waals surface area contributed by atoms with Crippen LogP contribution in [-0.4, -0.2) is 4.98 Å². The lowest BCUT2D eigenvalue weighted by Crippen LogP contribution is -1.61. The van der Waals surface area contributed by atoms with Gasteiger partial charge in [-0.2, -0.15) is 0 Å². The first kappa shape index (κ1) is 11.1. The molecule has 0 saturated carbocycles. The zero-order valence-corrected chi connectivity index (χ0v) is 10.7. The number of rotatable bonds is 0. The maximum Gasteiger partial charge on any atom is 0.0453 e. The summed E-state index contributed by atoms with van der Waals surface area (Å²) in [6, 6.07) is 20.8. The predicted octanol–water partition coefficient (Wildman–Crippen LogP) is 5.07. The van der Waals surface area contributed by atoms with E-state index in [2.05, 4.69) is 58.9 Å². The summed E-state index contributed by atoms with van der Waals surface area (Å²) in [7, 11) is 0. The van der Waals surface area contributed by atoms with Crippen molar-refractivity contribution in [3.8, 4) is 0 Å². The number of thiophene rings is 1. The summed E-state index contributed by atoms with van der Waals surface area (Å²) in [6.07, 6.45) is 1.95. The Hall–Kier alpha value is -2.06. The number of H-pyrrole nitrogens is 1. The molecule has 0 radical (unpaired) electrons. The first-order chi connectivity index (χ1) is 8.93. The molecule has 0 atom stereocenters. The van der Waals surface area contributed by atoms with Crippen LogP contribution < -0.4 is 0 Å². The molecule has 2 heterocycles. The van der Waals surface area contributed by atoms with Crippen LogP contribution in [0.25, 0.3) is 21.0 Å². The fourth-order valence-corrected chi connectivity index (χ4v) is 2.69.